The summed E-state index contributed by atoms with van der Waals surface area (Å²) in [5.74, 6) is 0. The number of rotatable bonds is 1. The first-order chi connectivity index (χ1) is 8.14. The maximum atomic E-state index is 12.1. The summed E-state index contributed by atoms with van der Waals surface area (Å²) in [6.07, 6.45) is 3.83. The van der Waals surface area contributed by atoms with Crippen LogP contribution in [0.25, 0.3) is 0 Å². The van der Waals surface area contributed by atoms with Gasteiger partial charge in [0.25, 0.3) is 0 Å². The second kappa shape index (κ2) is 2.11. The first-order valence-corrected chi connectivity index (χ1v) is 6.78. The zero-order valence-corrected chi connectivity index (χ0v) is 9.98. The Bertz CT molecular complexity index is 432. The molecule has 4 nitrogen and oxygen atoms in total. The Morgan fingerprint density at radius 1 is 1.35 bits per heavy atom. The van der Waals surface area contributed by atoms with Crippen molar-refractivity contribution in [2.45, 2.75) is 50.8 Å². The Morgan fingerprint density at radius 3 is 2.41 bits per heavy atom. The third-order valence-electron chi connectivity index (χ3n) is 6.63. The van der Waals surface area contributed by atoms with Crippen molar-refractivity contribution in [1.29, 1.82) is 0 Å². The number of aliphatic hydroxyl groups is 1. The topological polar surface area (TPSA) is 49.8 Å². The molecular weight excluding hydrogens is 218 g/mol. The van der Waals surface area contributed by atoms with Gasteiger partial charge in [-0.25, -0.2) is 4.79 Å². The van der Waals surface area contributed by atoms with Gasteiger partial charge in [-0.05, 0) is 38.0 Å². The van der Waals surface area contributed by atoms with Crippen LogP contribution in [-0.4, -0.2) is 40.9 Å². The normalized spacial score (nSPS) is 63.4. The number of piperidine rings is 2. The molecule has 3 spiro atoms. The van der Waals surface area contributed by atoms with Crippen LogP contribution in [0.15, 0.2) is 0 Å². The predicted octanol–water partition coefficient (Wildman–Crippen LogP) is 1.13. The van der Waals surface area contributed by atoms with Gasteiger partial charge in [0.05, 0.1) is 12.7 Å². The number of carbonyl (C=O) groups is 1. The lowest BCUT2D eigenvalue weighted by atomic mass is 9.92. The molecule has 0 aromatic carbocycles. The summed E-state index contributed by atoms with van der Waals surface area (Å²) in [5, 5.41) is 9.94. The lowest BCUT2D eigenvalue weighted by Crippen LogP contribution is -2.51. The predicted molar refractivity (Wildman–Crippen MR) is 58.2 cm³/mol. The molecule has 3 aliphatic carbocycles. The molecule has 2 saturated heterocycles. The molecule has 0 aromatic heterocycles. The molecule has 5 unspecified atom stereocenters. The third-order valence-corrected chi connectivity index (χ3v) is 6.63. The van der Waals surface area contributed by atoms with E-state index in [4.69, 9.17) is 4.74 Å². The Kier molecular flexibility index (Phi) is 1.14. The summed E-state index contributed by atoms with van der Waals surface area (Å²) in [5.41, 5.74) is 1.52. The number of amides is 1. The number of hydrogen-bond donors (Lipinski definition) is 1. The maximum absolute atomic E-state index is 12.1. The summed E-state index contributed by atoms with van der Waals surface area (Å²) in [4.78, 5) is 14.1. The summed E-state index contributed by atoms with van der Waals surface area (Å²) in [7, 11) is 0. The molecule has 2 bridgehead atoms. The fourth-order valence-corrected chi connectivity index (χ4v) is 6.11. The fraction of sp³-hybridized carbons (Fsp3) is 0.923. The van der Waals surface area contributed by atoms with Crippen molar-refractivity contribution in [3.63, 3.8) is 0 Å². The first-order valence-electron chi connectivity index (χ1n) is 6.78. The molecule has 92 valence electrons. The van der Waals surface area contributed by atoms with Gasteiger partial charge in [0.2, 0.25) is 0 Å². The van der Waals surface area contributed by atoms with Crippen LogP contribution in [0.4, 0.5) is 4.79 Å². The van der Waals surface area contributed by atoms with Gasteiger partial charge >= 0.3 is 6.09 Å². The lowest BCUT2D eigenvalue weighted by Gasteiger charge is -2.38. The van der Waals surface area contributed by atoms with Crippen LogP contribution in [-0.2, 0) is 4.74 Å². The Balaban J connectivity index is 1.54. The van der Waals surface area contributed by atoms with Crippen molar-refractivity contribution in [2.75, 3.05) is 6.61 Å². The third kappa shape index (κ3) is 0.590. The van der Waals surface area contributed by atoms with Crippen molar-refractivity contribution >= 4 is 6.09 Å². The molecule has 4 heteroatoms. The monoisotopic (exact) mass is 235 g/mol. The van der Waals surface area contributed by atoms with Gasteiger partial charge < -0.3 is 14.7 Å². The number of nitrogens with zero attached hydrogens (tertiary/aromatic N) is 1. The van der Waals surface area contributed by atoms with Gasteiger partial charge in [-0.1, -0.05) is 0 Å². The van der Waals surface area contributed by atoms with Crippen molar-refractivity contribution < 1.29 is 14.6 Å². The molecule has 0 aromatic rings. The van der Waals surface area contributed by atoms with E-state index in [9.17, 15) is 9.90 Å². The molecule has 3 saturated carbocycles. The zero-order chi connectivity index (χ0) is 11.6. The van der Waals surface area contributed by atoms with Crippen LogP contribution < -0.4 is 0 Å². The van der Waals surface area contributed by atoms with Crippen molar-refractivity contribution in [2.24, 2.45) is 16.2 Å². The summed E-state index contributed by atoms with van der Waals surface area (Å²) in [6.45, 7) is 2.30. The largest absolute Gasteiger partial charge is 0.450 e. The van der Waals surface area contributed by atoms with E-state index in [2.05, 4.69) is 0 Å². The Hall–Kier alpha value is -0.770. The molecule has 1 amide bonds. The Labute approximate surface area is 99.9 Å². The zero-order valence-electron chi connectivity index (χ0n) is 9.98. The molecule has 5 rings (SSSR count). The minimum absolute atomic E-state index is 0.141. The number of fused-ring (bicyclic) bond motifs is 2. The molecule has 1 N–H and O–H groups in total. The standard InChI is InChI=1S/C13H17NO3/c1-2-17-10(16)14-8-3-7(15)4-9(14)13-6-11(13)5-12(8,11)13/h7-9,15H,2-6H2,1H3/t7?,8?,9?,11?,12-,13?/m1/s1. The number of ether oxygens (including phenoxy) is 1. The minimum Gasteiger partial charge on any atom is -0.450 e. The molecule has 6 atom stereocenters. The molecule has 17 heavy (non-hydrogen) atoms. The molecule has 0 radical (unpaired) electrons. The minimum atomic E-state index is -0.203. The lowest BCUT2D eigenvalue weighted by molar-refractivity contribution is 0.0111. The number of hydrogen-bond acceptors (Lipinski definition) is 3. The fourth-order valence-electron chi connectivity index (χ4n) is 6.11. The van der Waals surface area contributed by atoms with Crippen LogP contribution in [0.2, 0.25) is 0 Å². The highest BCUT2D eigenvalue weighted by Gasteiger charge is 3.17. The summed E-state index contributed by atoms with van der Waals surface area (Å²) < 4.78 is 5.20. The van der Waals surface area contributed by atoms with E-state index in [0.29, 0.717) is 22.9 Å². The van der Waals surface area contributed by atoms with E-state index in [-0.39, 0.29) is 24.3 Å². The average Bonchev–Trinajstić information content (AvgIpc) is 3.14. The van der Waals surface area contributed by atoms with Gasteiger partial charge in [-0.2, -0.15) is 0 Å². The number of aliphatic hydroxyl groups excluding tert-OH is 1. The molecular formula is C13H17NO3. The smallest absolute Gasteiger partial charge is 0.410 e. The van der Waals surface area contributed by atoms with E-state index < -0.39 is 0 Å². The van der Waals surface area contributed by atoms with Gasteiger partial charge in [0.15, 0.2) is 0 Å². The van der Waals surface area contributed by atoms with Crippen molar-refractivity contribution in [1.82, 2.24) is 4.90 Å². The highest BCUT2D eigenvalue weighted by Crippen LogP contribution is 3.18. The van der Waals surface area contributed by atoms with Crippen molar-refractivity contribution in [3.05, 3.63) is 0 Å². The van der Waals surface area contributed by atoms with Crippen molar-refractivity contribution in [3.8, 4) is 0 Å². The van der Waals surface area contributed by atoms with Gasteiger partial charge in [0.1, 0.15) is 0 Å². The van der Waals surface area contributed by atoms with Crippen LogP contribution in [0.5, 0.6) is 0 Å². The van der Waals surface area contributed by atoms with E-state index in [0.717, 1.165) is 12.8 Å². The molecule has 2 heterocycles. The van der Waals surface area contributed by atoms with Crippen LogP contribution in [0.1, 0.15) is 32.6 Å². The van der Waals surface area contributed by atoms with E-state index in [1.807, 2.05) is 11.8 Å². The molecule has 5 aliphatic rings. The second-order valence-electron chi connectivity index (χ2n) is 6.64. The summed E-state index contributed by atoms with van der Waals surface area (Å²) in [6, 6.07) is 0.563. The van der Waals surface area contributed by atoms with E-state index in [1.165, 1.54) is 12.8 Å². The van der Waals surface area contributed by atoms with Crippen LogP contribution in [0, 0.1) is 16.2 Å². The average molecular weight is 235 g/mol. The summed E-state index contributed by atoms with van der Waals surface area (Å²) >= 11 is 0. The molecule has 5 fully saturated rings. The SMILES string of the molecule is CCOC(=O)N1C2CC(O)CC1[C@]13CC14CC243. The first kappa shape index (κ1) is 9.20. The molecule has 2 aliphatic heterocycles. The highest BCUT2D eigenvalue weighted by atomic mass is 16.6. The van der Waals surface area contributed by atoms with Gasteiger partial charge in [0, 0.05) is 22.9 Å². The maximum Gasteiger partial charge on any atom is 0.410 e. The van der Waals surface area contributed by atoms with E-state index in [1.54, 1.807) is 0 Å². The van der Waals surface area contributed by atoms with Gasteiger partial charge in [-0.15, -0.1) is 0 Å². The Morgan fingerprint density at radius 2 is 1.94 bits per heavy atom. The van der Waals surface area contributed by atoms with E-state index >= 15 is 0 Å². The number of carbonyl (C=O) groups excluding carboxylic acids is 1. The van der Waals surface area contributed by atoms with Gasteiger partial charge in [-0.3, -0.25) is 0 Å². The quantitative estimate of drug-likeness (QED) is 0.741. The second-order valence-corrected chi connectivity index (χ2v) is 6.64. The van der Waals surface area contributed by atoms with Crippen LogP contribution >= 0.6 is 0 Å². The van der Waals surface area contributed by atoms with Crippen LogP contribution in [0.3, 0.4) is 0 Å². The highest BCUT2D eigenvalue weighted by molar-refractivity contribution is 5.76.